The Morgan fingerprint density at radius 2 is 1.74 bits per heavy atom. The molecule has 0 bridgehead atoms. The first-order valence-corrected chi connectivity index (χ1v) is 7.00. The second-order valence-electron chi connectivity index (χ2n) is 5.38. The van der Waals surface area contributed by atoms with Gasteiger partial charge in [-0.05, 0) is 19.4 Å². The summed E-state index contributed by atoms with van der Waals surface area (Å²) in [6.45, 7) is 10.8. The zero-order chi connectivity index (χ0) is 15.2. The maximum absolute atomic E-state index is 11.6. The van der Waals surface area contributed by atoms with Crippen molar-refractivity contribution in [3.05, 3.63) is 11.8 Å². The topological polar surface area (TPSA) is 66.8 Å². The van der Waals surface area contributed by atoms with Crippen LogP contribution in [0.2, 0.25) is 0 Å². The summed E-state index contributed by atoms with van der Waals surface area (Å²) in [6.07, 6.45) is 0.971. The minimum atomic E-state index is -0.749. The van der Waals surface area contributed by atoms with Crippen LogP contribution in [0, 0.1) is 17.8 Å². The van der Waals surface area contributed by atoms with E-state index in [1.54, 1.807) is 40.7 Å². The molecule has 0 aromatic heterocycles. The molecule has 0 aromatic rings. The van der Waals surface area contributed by atoms with Crippen LogP contribution in [0.5, 0.6) is 0 Å². The zero-order valence-corrected chi connectivity index (χ0v) is 12.9. The fourth-order valence-corrected chi connectivity index (χ4v) is 1.87. The lowest BCUT2D eigenvalue weighted by Gasteiger charge is -2.29. The maximum atomic E-state index is 11.6. The third-order valence-electron chi connectivity index (χ3n) is 3.50. The van der Waals surface area contributed by atoms with Gasteiger partial charge in [-0.25, -0.2) is 0 Å². The molecule has 4 atom stereocenters. The van der Waals surface area contributed by atoms with Gasteiger partial charge in [-0.3, -0.25) is 4.79 Å². The standard InChI is InChI=1S/C15H28O4/c1-7-12(16)10(5)14(17)11(6)13(8-2)19-15(18)9(3)4/h8-12,14,16-17H,7H2,1-6H3/b13-8-/t10-,11+,12+,14-/m1/s1. The fourth-order valence-electron chi connectivity index (χ4n) is 1.87. The third-order valence-corrected chi connectivity index (χ3v) is 3.50. The molecule has 0 spiro atoms. The Balaban J connectivity index is 4.76. The van der Waals surface area contributed by atoms with Gasteiger partial charge in [-0.1, -0.05) is 34.6 Å². The minimum Gasteiger partial charge on any atom is -0.431 e. The molecule has 0 aliphatic rings. The van der Waals surface area contributed by atoms with E-state index in [0.717, 1.165) is 0 Å². The molecular formula is C15H28O4. The predicted molar refractivity (Wildman–Crippen MR) is 75.3 cm³/mol. The molecule has 0 aromatic carbocycles. The van der Waals surface area contributed by atoms with E-state index in [9.17, 15) is 15.0 Å². The number of allylic oxidation sites excluding steroid dienone is 1. The van der Waals surface area contributed by atoms with Gasteiger partial charge >= 0.3 is 5.97 Å². The Morgan fingerprint density at radius 3 is 2.11 bits per heavy atom. The summed E-state index contributed by atoms with van der Waals surface area (Å²) in [4.78, 5) is 11.6. The number of carbonyl (C=O) groups is 1. The van der Waals surface area contributed by atoms with E-state index < -0.39 is 12.2 Å². The number of hydrogen-bond acceptors (Lipinski definition) is 4. The highest BCUT2D eigenvalue weighted by molar-refractivity contribution is 5.72. The zero-order valence-electron chi connectivity index (χ0n) is 12.9. The number of rotatable bonds is 7. The lowest BCUT2D eigenvalue weighted by Crippen LogP contribution is -2.35. The molecular weight excluding hydrogens is 244 g/mol. The van der Waals surface area contributed by atoms with E-state index >= 15 is 0 Å². The van der Waals surface area contributed by atoms with Crippen LogP contribution in [0.25, 0.3) is 0 Å². The number of hydrogen-bond donors (Lipinski definition) is 2. The number of aliphatic hydroxyl groups is 2. The molecule has 0 saturated carbocycles. The van der Waals surface area contributed by atoms with E-state index in [2.05, 4.69) is 0 Å². The Kier molecular flexibility index (Phi) is 7.95. The van der Waals surface area contributed by atoms with Gasteiger partial charge in [0.25, 0.3) is 0 Å². The van der Waals surface area contributed by atoms with Gasteiger partial charge in [-0.2, -0.15) is 0 Å². The predicted octanol–water partition coefficient (Wildman–Crippen LogP) is 2.49. The van der Waals surface area contributed by atoms with Crippen molar-refractivity contribution in [1.82, 2.24) is 0 Å². The molecule has 112 valence electrons. The maximum Gasteiger partial charge on any atom is 0.313 e. The Morgan fingerprint density at radius 1 is 1.21 bits per heavy atom. The summed E-state index contributed by atoms with van der Waals surface area (Å²) in [5.74, 6) is -0.660. The van der Waals surface area contributed by atoms with Crippen molar-refractivity contribution < 1.29 is 19.7 Å². The molecule has 2 N–H and O–H groups in total. The highest BCUT2D eigenvalue weighted by atomic mass is 16.5. The molecule has 4 heteroatoms. The molecule has 0 amide bonds. The summed E-state index contributed by atoms with van der Waals surface area (Å²) >= 11 is 0. The number of aliphatic hydroxyl groups excluding tert-OH is 2. The van der Waals surface area contributed by atoms with Gasteiger partial charge in [0.2, 0.25) is 0 Å². The van der Waals surface area contributed by atoms with Crippen LogP contribution < -0.4 is 0 Å². The molecule has 0 saturated heterocycles. The summed E-state index contributed by atoms with van der Waals surface area (Å²) in [5.41, 5.74) is 0. The first kappa shape index (κ1) is 18.1. The molecule has 0 aliphatic carbocycles. The van der Waals surface area contributed by atoms with Crippen molar-refractivity contribution in [3.8, 4) is 0 Å². The lowest BCUT2D eigenvalue weighted by molar-refractivity contribution is -0.144. The Labute approximate surface area is 116 Å². The van der Waals surface area contributed by atoms with E-state index in [0.29, 0.717) is 12.2 Å². The first-order chi connectivity index (χ1) is 8.76. The fraction of sp³-hybridized carbons (Fsp3) is 0.800. The normalized spacial score (nSPS) is 18.9. The molecule has 0 heterocycles. The quantitative estimate of drug-likeness (QED) is 0.552. The average molecular weight is 272 g/mol. The van der Waals surface area contributed by atoms with Crippen LogP contribution in [-0.2, 0) is 9.53 Å². The van der Waals surface area contributed by atoms with Gasteiger partial charge < -0.3 is 14.9 Å². The van der Waals surface area contributed by atoms with Gasteiger partial charge in [0, 0.05) is 11.8 Å². The second kappa shape index (κ2) is 8.33. The van der Waals surface area contributed by atoms with Crippen LogP contribution in [0.1, 0.15) is 48.0 Å². The van der Waals surface area contributed by atoms with Crippen LogP contribution in [-0.4, -0.2) is 28.4 Å². The SMILES string of the molecule is C/C=C(\OC(=O)C(C)C)[C@H](C)[C@H](O)[C@H](C)[C@@H](O)CC. The van der Waals surface area contributed by atoms with E-state index in [-0.39, 0.29) is 23.7 Å². The van der Waals surface area contributed by atoms with Crippen molar-refractivity contribution in [2.45, 2.75) is 60.2 Å². The molecule has 0 fully saturated rings. The minimum absolute atomic E-state index is 0.210. The first-order valence-electron chi connectivity index (χ1n) is 7.00. The largest absolute Gasteiger partial charge is 0.431 e. The molecule has 19 heavy (non-hydrogen) atoms. The number of esters is 1. The third kappa shape index (κ3) is 5.33. The number of ether oxygens (including phenoxy) is 1. The summed E-state index contributed by atoms with van der Waals surface area (Å²) < 4.78 is 5.29. The summed E-state index contributed by atoms with van der Waals surface area (Å²) in [7, 11) is 0. The van der Waals surface area contributed by atoms with Crippen molar-refractivity contribution in [2.75, 3.05) is 0 Å². The second-order valence-corrected chi connectivity index (χ2v) is 5.38. The summed E-state index contributed by atoms with van der Waals surface area (Å²) in [5, 5.41) is 20.0. The van der Waals surface area contributed by atoms with Crippen molar-refractivity contribution >= 4 is 5.97 Å². The highest BCUT2D eigenvalue weighted by Gasteiger charge is 2.30. The van der Waals surface area contributed by atoms with Crippen molar-refractivity contribution in [1.29, 1.82) is 0 Å². The van der Waals surface area contributed by atoms with Crippen molar-refractivity contribution in [2.24, 2.45) is 17.8 Å². The van der Waals surface area contributed by atoms with Gasteiger partial charge in [-0.15, -0.1) is 0 Å². The lowest BCUT2D eigenvalue weighted by atomic mass is 9.87. The van der Waals surface area contributed by atoms with E-state index in [1.165, 1.54) is 0 Å². The van der Waals surface area contributed by atoms with Gasteiger partial charge in [0.1, 0.15) is 5.76 Å². The van der Waals surface area contributed by atoms with Gasteiger partial charge in [0.05, 0.1) is 18.1 Å². The molecule has 0 rings (SSSR count). The average Bonchev–Trinajstić information content (AvgIpc) is 2.40. The van der Waals surface area contributed by atoms with Crippen LogP contribution in [0.3, 0.4) is 0 Å². The number of carbonyl (C=O) groups excluding carboxylic acids is 1. The van der Waals surface area contributed by atoms with Crippen LogP contribution >= 0.6 is 0 Å². The van der Waals surface area contributed by atoms with E-state index in [4.69, 9.17) is 4.74 Å². The Hall–Kier alpha value is -0.870. The Bertz CT molecular complexity index is 309. The summed E-state index contributed by atoms with van der Waals surface area (Å²) in [6, 6.07) is 0. The monoisotopic (exact) mass is 272 g/mol. The molecule has 0 aliphatic heterocycles. The molecule has 4 nitrogen and oxygen atoms in total. The van der Waals surface area contributed by atoms with Crippen molar-refractivity contribution in [3.63, 3.8) is 0 Å². The molecule has 0 unspecified atom stereocenters. The van der Waals surface area contributed by atoms with Crippen LogP contribution in [0.15, 0.2) is 11.8 Å². The van der Waals surface area contributed by atoms with Crippen LogP contribution in [0.4, 0.5) is 0 Å². The van der Waals surface area contributed by atoms with E-state index in [1.807, 2.05) is 6.92 Å². The smallest absolute Gasteiger partial charge is 0.313 e. The highest BCUT2D eigenvalue weighted by Crippen LogP contribution is 2.25. The molecule has 0 radical (unpaired) electrons. The van der Waals surface area contributed by atoms with Gasteiger partial charge in [0.15, 0.2) is 0 Å².